The largest absolute Gasteiger partial charge is 0.464 e. The van der Waals surface area contributed by atoms with Gasteiger partial charge >= 0.3 is 5.97 Å². The predicted octanol–water partition coefficient (Wildman–Crippen LogP) is 3.05. The summed E-state index contributed by atoms with van der Waals surface area (Å²) in [5, 5.41) is 0. The van der Waals surface area contributed by atoms with Crippen molar-refractivity contribution in [3.05, 3.63) is 35.9 Å². The predicted molar refractivity (Wildman–Crippen MR) is 105 cm³/mol. The number of esters is 1. The average Bonchev–Trinajstić information content (AvgIpc) is 2.97. The molecule has 162 valence electrons. The quantitative estimate of drug-likeness (QED) is 0.642. The number of carbonyl (C=O) groups is 1. The van der Waals surface area contributed by atoms with Crippen molar-refractivity contribution < 1.29 is 33.2 Å². The van der Waals surface area contributed by atoms with Crippen molar-refractivity contribution in [3.8, 4) is 0 Å². The maximum atomic E-state index is 12.6. The van der Waals surface area contributed by atoms with Gasteiger partial charge in [0.15, 0.2) is 5.79 Å². The van der Waals surface area contributed by atoms with E-state index in [4.69, 9.17) is 28.4 Å². The van der Waals surface area contributed by atoms with E-state index in [0.717, 1.165) is 5.56 Å². The zero-order valence-electron chi connectivity index (χ0n) is 17.9. The smallest absolute Gasteiger partial charge is 0.341 e. The molecule has 2 heterocycles. The summed E-state index contributed by atoms with van der Waals surface area (Å²) in [6.07, 6.45) is -0.914. The second-order valence-electron chi connectivity index (χ2n) is 8.04. The van der Waals surface area contributed by atoms with E-state index in [1.165, 1.54) is 0 Å². The fourth-order valence-electron chi connectivity index (χ4n) is 4.05. The van der Waals surface area contributed by atoms with Crippen LogP contribution in [0.1, 0.15) is 39.7 Å². The van der Waals surface area contributed by atoms with Gasteiger partial charge < -0.3 is 28.4 Å². The van der Waals surface area contributed by atoms with Gasteiger partial charge in [-0.1, -0.05) is 37.3 Å². The lowest BCUT2D eigenvalue weighted by Gasteiger charge is -2.46. The normalized spacial score (nSPS) is 33.7. The second kappa shape index (κ2) is 9.10. The van der Waals surface area contributed by atoms with Crippen LogP contribution in [0.25, 0.3) is 0 Å². The molecule has 5 atom stereocenters. The summed E-state index contributed by atoms with van der Waals surface area (Å²) < 4.78 is 35.3. The van der Waals surface area contributed by atoms with Crippen LogP contribution in [0.2, 0.25) is 0 Å². The highest BCUT2D eigenvalue weighted by Gasteiger charge is 2.64. The van der Waals surface area contributed by atoms with Crippen molar-refractivity contribution >= 4 is 5.97 Å². The molecule has 29 heavy (non-hydrogen) atoms. The second-order valence-corrected chi connectivity index (χ2v) is 8.04. The van der Waals surface area contributed by atoms with Crippen LogP contribution < -0.4 is 0 Å². The van der Waals surface area contributed by atoms with Crippen molar-refractivity contribution in [1.29, 1.82) is 0 Å². The summed E-state index contributed by atoms with van der Waals surface area (Å²) in [6.45, 7) is 8.31. The standard InChI is InChI=1S/C22H32O7/c1-6-26-20(23)19-22(29-21(3,4)28-19)15(2)12-17(24-5)18(27-22)14-25-13-16-10-8-7-9-11-16/h7-11,15,17-19H,6,12-14H2,1-5H3/t15-,17+,18-,19+,22+/m1/s1. The maximum Gasteiger partial charge on any atom is 0.341 e. The molecule has 2 fully saturated rings. The molecule has 0 radical (unpaired) electrons. The van der Waals surface area contributed by atoms with E-state index in [1.807, 2.05) is 37.3 Å². The van der Waals surface area contributed by atoms with Crippen molar-refractivity contribution in [2.24, 2.45) is 5.92 Å². The molecule has 3 rings (SSSR count). The first kappa shape index (κ1) is 22.2. The molecule has 0 amide bonds. The molecule has 0 aromatic heterocycles. The van der Waals surface area contributed by atoms with E-state index < -0.39 is 29.8 Å². The molecular formula is C22H32O7. The summed E-state index contributed by atoms with van der Waals surface area (Å²) >= 11 is 0. The van der Waals surface area contributed by atoms with E-state index in [-0.39, 0.29) is 18.6 Å². The summed E-state index contributed by atoms with van der Waals surface area (Å²) in [4.78, 5) is 12.6. The Morgan fingerprint density at radius 1 is 1.21 bits per heavy atom. The number of benzene rings is 1. The molecule has 1 spiro atoms. The molecule has 0 N–H and O–H groups in total. The van der Waals surface area contributed by atoms with E-state index >= 15 is 0 Å². The number of carbonyl (C=O) groups excluding carboxylic acids is 1. The molecule has 0 bridgehead atoms. The fraction of sp³-hybridized carbons (Fsp3) is 0.682. The van der Waals surface area contributed by atoms with E-state index in [1.54, 1.807) is 27.9 Å². The number of hydrogen-bond donors (Lipinski definition) is 0. The molecule has 1 aromatic carbocycles. The summed E-state index contributed by atoms with van der Waals surface area (Å²) in [5.41, 5.74) is 1.08. The molecule has 0 unspecified atom stereocenters. The first-order chi connectivity index (χ1) is 13.8. The van der Waals surface area contributed by atoms with Crippen LogP contribution in [-0.2, 0) is 39.8 Å². The molecule has 2 saturated heterocycles. The third-order valence-corrected chi connectivity index (χ3v) is 5.39. The molecule has 0 saturated carbocycles. The monoisotopic (exact) mass is 408 g/mol. The SMILES string of the molecule is CCOC(=O)[C@@H]1OC(C)(C)O[C@]12O[C@H](COCc1ccccc1)[C@@H](OC)C[C@H]2C. The van der Waals surface area contributed by atoms with Crippen LogP contribution in [0.4, 0.5) is 0 Å². The molecule has 1 aromatic rings. The van der Waals surface area contributed by atoms with E-state index in [0.29, 0.717) is 19.6 Å². The number of ether oxygens (including phenoxy) is 6. The Balaban J connectivity index is 1.76. The van der Waals surface area contributed by atoms with Crippen LogP contribution in [0, 0.1) is 5.92 Å². The molecule has 0 aliphatic carbocycles. The highest BCUT2D eigenvalue weighted by Crippen LogP contribution is 2.48. The van der Waals surface area contributed by atoms with Gasteiger partial charge in [0.2, 0.25) is 11.9 Å². The minimum Gasteiger partial charge on any atom is -0.464 e. The average molecular weight is 408 g/mol. The van der Waals surface area contributed by atoms with Gasteiger partial charge in [0, 0.05) is 13.0 Å². The Labute approximate surface area is 172 Å². The van der Waals surface area contributed by atoms with Gasteiger partial charge in [-0.05, 0) is 32.8 Å². The third-order valence-electron chi connectivity index (χ3n) is 5.39. The molecule has 7 nitrogen and oxygen atoms in total. The van der Waals surface area contributed by atoms with Crippen LogP contribution in [0.15, 0.2) is 30.3 Å². The molecule has 2 aliphatic rings. The Morgan fingerprint density at radius 2 is 1.93 bits per heavy atom. The van der Waals surface area contributed by atoms with Gasteiger partial charge in [0.1, 0.15) is 6.10 Å². The lowest BCUT2D eigenvalue weighted by molar-refractivity contribution is -0.335. The highest BCUT2D eigenvalue weighted by atomic mass is 16.9. The maximum absolute atomic E-state index is 12.6. The van der Waals surface area contributed by atoms with Crippen molar-refractivity contribution in [2.75, 3.05) is 20.3 Å². The van der Waals surface area contributed by atoms with Gasteiger partial charge in [-0.15, -0.1) is 0 Å². The molecular weight excluding hydrogens is 376 g/mol. The number of rotatable bonds is 7. The third kappa shape index (κ3) is 4.81. The van der Waals surface area contributed by atoms with Crippen molar-refractivity contribution in [3.63, 3.8) is 0 Å². The Bertz CT molecular complexity index is 677. The van der Waals surface area contributed by atoms with Gasteiger partial charge in [0.05, 0.1) is 25.9 Å². The summed E-state index contributed by atoms with van der Waals surface area (Å²) in [7, 11) is 1.65. The van der Waals surface area contributed by atoms with Gasteiger partial charge in [-0.2, -0.15) is 0 Å². The summed E-state index contributed by atoms with van der Waals surface area (Å²) in [5.74, 6) is -2.84. The molecule has 2 aliphatic heterocycles. The van der Waals surface area contributed by atoms with Gasteiger partial charge in [-0.3, -0.25) is 0 Å². The summed E-state index contributed by atoms with van der Waals surface area (Å²) in [6, 6.07) is 9.92. The molecule has 7 heteroatoms. The van der Waals surface area contributed by atoms with Crippen LogP contribution >= 0.6 is 0 Å². The Hall–Kier alpha value is -1.51. The first-order valence-corrected chi connectivity index (χ1v) is 10.2. The number of methoxy groups -OCH3 is 1. The highest BCUT2D eigenvalue weighted by molar-refractivity contribution is 5.76. The minimum atomic E-state index is -1.24. The zero-order valence-corrected chi connectivity index (χ0v) is 17.9. The zero-order chi connectivity index (χ0) is 21.1. The number of hydrogen-bond acceptors (Lipinski definition) is 7. The lowest BCUT2D eigenvalue weighted by atomic mass is 9.85. The topological polar surface area (TPSA) is 72.5 Å². The van der Waals surface area contributed by atoms with Gasteiger partial charge in [-0.25, -0.2) is 4.79 Å². The lowest BCUT2D eigenvalue weighted by Crippen LogP contribution is -2.61. The van der Waals surface area contributed by atoms with Crippen LogP contribution in [0.5, 0.6) is 0 Å². The fourth-order valence-corrected chi connectivity index (χ4v) is 4.05. The van der Waals surface area contributed by atoms with Gasteiger partial charge in [0.25, 0.3) is 0 Å². The van der Waals surface area contributed by atoms with Crippen molar-refractivity contribution in [2.45, 2.75) is 70.6 Å². The first-order valence-electron chi connectivity index (χ1n) is 10.2. The minimum absolute atomic E-state index is 0.144. The van der Waals surface area contributed by atoms with Crippen LogP contribution in [-0.4, -0.2) is 56.2 Å². The van der Waals surface area contributed by atoms with Crippen molar-refractivity contribution in [1.82, 2.24) is 0 Å². The Kier molecular flexibility index (Phi) is 6.96. The van der Waals surface area contributed by atoms with E-state index in [2.05, 4.69) is 0 Å². The van der Waals surface area contributed by atoms with E-state index in [9.17, 15) is 4.79 Å². The Morgan fingerprint density at radius 3 is 2.59 bits per heavy atom. The van der Waals surface area contributed by atoms with Crippen LogP contribution in [0.3, 0.4) is 0 Å².